The van der Waals surface area contributed by atoms with Crippen LogP contribution in [0.15, 0.2) is 36.8 Å². The third-order valence-electron chi connectivity index (χ3n) is 2.97. The van der Waals surface area contributed by atoms with E-state index in [-0.39, 0.29) is 5.92 Å². The predicted octanol–water partition coefficient (Wildman–Crippen LogP) is 1.11. The number of rotatable bonds is 5. The molecule has 2 aromatic rings. The first-order chi connectivity index (χ1) is 9.99. The average Bonchev–Trinajstić information content (AvgIpc) is 2.98. The van der Waals surface area contributed by atoms with Crippen LogP contribution in [-0.4, -0.2) is 37.8 Å². The number of carbonyl (C=O) groups excluding carboxylic acids is 1. The Labute approximate surface area is 121 Å². The third-order valence-corrected chi connectivity index (χ3v) is 2.97. The molecule has 7 nitrogen and oxygen atoms in total. The van der Waals surface area contributed by atoms with E-state index in [2.05, 4.69) is 15.4 Å². The highest BCUT2D eigenvalue weighted by molar-refractivity contribution is 5.96. The van der Waals surface area contributed by atoms with Crippen LogP contribution in [0, 0.1) is 5.92 Å². The number of aliphatic carboxylic acids is 1. The van der Waals surface area contributed by atoms with Crippen molar-refractivity contribution in [2.24, 2.45) is 5.92 Å². The van der Waals surface area contributed by atoms with Gasteiger partial charge in [-0.05, 0) is 24.1 Å². The second-order valence-electron chi connectivity index (χ2n) is 4.89. The van der Waals surface area contributed by atoms with Crippen molar-refractivity contribution in [1.29, 1.82) is 0 Å². The number of carboxylic acids is 1. The van der Waals surface area contributed by atoms with Crippen molar-refractivity contribution in [2.75, 3.05) is 0 Å². The zero-order valence-electron chi connectivity index (χ0n) is 11.7. The molecule has 0 saturated carbocycles. The zero-order chi connectivity index (χ0) is 15.4. The van der Waals surface area contributed by atoms with Crippen LogP contribution in [0.3, 0.4) is 0 Å². The van der Waals surface area contributed by atoms with E-state index in [1.54, 1.807) is 38.4 Å². The van der Waals surface area contributed by atoms with Crippen molar-refractivity contribution in [3.63, 3.8) is 0 Å². The second-order valence-corrected chi connectivity index (χ2v) is 4.89. The summed E-state index contributed by atoms with van der Waals surface area (Å²) in [5.41, 5.74) is 0.336. The maximum Gasteiger partial charge on any atom is 0.326 e. The van der Waals surface area contributed by atoms with Crippen LogP contribution in [0.2, 0.25) is 0 Å². The van der Waals surface area contributed by atoms with Crippen LogP contribution in [-0.2, 0) is 4.79 Å². The highest BCUT2D eigenvalue weighted by Gasteiger charge is 2.24. The average molecular weight is 288 g/mol. The predicted molar refractivity (Wildman–Crippen MR) is 75.1 cm³/mol. The Bertz CT molecular complexity index is 637. The summed E-state index contributed by atoms with van der Waals surface area (Å²) in [4.78, 5) is 27.4. The Morgan fingerprint density at radius 1 is 1.33 bits per heavy atom. The molecular formula is C14H16N4O3. The van der Waals surface area contributed by atoms with Gasteiger partial charge < -0.3 is 10.4 Å². The molecule has 0 radical (unpaired) electrons. The van der Waals surface area contributed by atoms with Gasteiger partial charge in [0.2, 0.25) is 0 Å². The topological polar surface area (TPSA) is 97.1 Å². The number of hydrogen-bond acceptors (Lipinski definition) is 4. The van der Waals surface area contributed by atoms with Gasteiger partial charge in [-0.3, -0.25) is 4.79 Å². The lowest BCUT2D eigenvalue weighted by molar-refractivity contribution is -0.140. The maximum atomic E-state index is 12.2. The summed E-state index contributed by atoms with van der Waals surface area (Å²) >= 11 is 0. The van der Waals surface area contributed by atoms with Crippen LogP contribution < -0.4 is 5.32 Å². The highest BCUT2D eigenvalue weighted by atomic mass is 16.4. The summed E-state index contributed by atoms with van der Waals surface area (Å²) in [6.45, 7) is 3.47. The first-order valence-electron chi connectivity index (χ1n) is 6.49. The third kappa shape index (κ3) is 3.44. The molecule has 2 N–H and O–H groups in total. The van der Waals surface area contributed by atoms with Crippen LogP contribution in [0.1, 0.15) is 24.2 Å². The molecule has 0 unspecified atom stereocenters. The van der Waals surface area contributed by atoms with Gasteiger partial charge in [0.1, 0.15) is 6.04 Å². The number of pyridine rings is 1. The fraction of sp³-hybridized carbons (Fsp3) is 0.286. The van der Waals surface area contributed by atoms with Crippen molar-refractivity contribution < 1.29 is 14.7 Å². The molecule has 1 atom stereocenters. The summed E-state index contributed by atoms with van der Waals surface area (Å²) in [5, 5.41) is 15.6. The lowest BCUT2D eigenvalue weighted by atomic mass is 10.0. The van der Waals surface area contributed by atoms with Crippen molar-refractivity contribution in [1.82, 2.24) is 20.1 Å². The van der Waals surface area contributed by atoms with E-state index in [9.17, 15) is 9.59 Å². The number of amides is 1. The number of carboxylic acid groups (broad SMARTS) is 1. The number of carbonyl (C=O) groups is 2. The molecule has 0 saturated heterocycles. The fourth-order valence-corrected chi connectivity index (χ4v) is 1.83. The molecule has 0 bridgehead atoms. The van der Waals surface area contributed by atoms with Gasteiger partial charge in [0.15, 0.2) is 5.82 Å². The normalized spacial score (nSPS) is 12.1. The highest BCUT2D eigenvalue weighted by Crippen LogP contribution is 2.08. The minimum absolute atomic E-state index is 0.209. The summed E-state index contributed by atoms with van der Waals surface area (Å²) in [7, 11) is 0. The minimum Gasteiger partial charge on any atom is -0.480 e. The molecule has 2 aromatic heterocycles. The van der Waals surface area contributed by atoms with Gasteiger partial charge in [0.25, 0.3) is 5.91 Å². The zero-order valence-corrected chi connectivity index (χ0v) is 11.7. The number of hydrogen-bond donors (Lipinski definition) is 2. The van der Waals surface area contributed by atoms with Crippen molar-refractivity contribution in [3.8, 4) is 5.82 Å². The minimum atomic E-state index is -1.06. The van der Waals surface area contributed by atoms with Gasteiger partial charge in [-0.1, -0.05) is 13.8 Å². The fourth-order valence-electron chi connectivity index (χ4n) is 1.83. The smallest absolute Gasteiger partial charge is 0.326 e. The van der Waals surface area contributed by atoms with Gasteiger partial charge in [0.05, 0.1) is 0 Å². The summed E-state index contributed by atoms with van der Waals surface area (Å²) in [6.07, 6.45) is 4.79. The monoisotopic (exact) mass is 288 g/mol. The van der Waals surface area contributed by atoms with Crippen molar-refractivity contribution in [3.05, 3.63) is 42.4 Å². The van der Waals surface area contributed by atoms with Crippen LogP contribution >= 0.6 is 0 Å². The lowest BCUT2D eigenvalue weighted by Crippen LogP contribution is -2.44. The SMILES string of the molecule is CC(C)[C@H](NC(=O)c1ccnc(-n2cccn2)c1)C(=O)O. The Morgan fingerprint density at radius 3 is 2.67 bits per heavy atom. The van der Waals surface area contributed by atoms with E-state index >= 15 is 0 Å². The Hall–Kier alpha value is -2.70. The molecule has 0 fully saturated rings. The molecule has 2 heterocycles. The van der Waals surface area contributed by atoms with Crippen LogP contribution in [0.25, 0.3) is 5.82 Å². The summed E-state index contributed by atoms with van der Waals surface area (Å²) in [5.74, 6) is -1.23. The van der Waals surface area contributed by atoms with Crippen LogP contribution in [0.4, 0.5) is 0 Å². The first-order valence-corrected chi connectivity index (χ1v) is 6.49. The number of nitrogens with zero attached hydrogens (tertiary/aromatic N) is 3. The molecule has 7 heteroatoms. The molecule has 21 heavy (non-hydrogen) atoms. The van der Waals surface area contributed by atoms with E-state index in [1.165, 1.54) is 16.9 Å². The molecule has 0 aliphatic heterocycles. The van der Waals surface area contributed by atoms with Crippen molar-refractivity contribution in [2.45, 2.75) is 19.9 Å². The molecular weight excluding hydrogens is 272 g/mol. The Morgan fingerprint density at radius 2 is 2.10 bits per heavy atom. The van der Waals surface area contributed by atoms with E-state index in [0.717, 1.165) is 0 Å². The molecule has 110 valence electrons. The van der Waals surface area contributed by atoms with E-state index < -0.39 is 17.9 Å². The van der Waals surface area contributed by atoms with E-state index in [4.69, 9.17) is 5.11 Å². The molecule has 0 aliphatic rings. The van der Waals surface area contributed by atoms with Gasteiger partial charge in [0, 0.05) is 24.2 Å². The van der Waals surface area contributed by atoms with Crippen LogP contribution in [0.5, 0.6) is 0 Å². The largest absolute Gasteiger partial charge is 0.480 e. The number of aromatic nitrogens is 3. The van der Waals surface area contributed by atoms with E-state index in [0.29, 0.717) is 11.4 Å². The molecule has 0 aromatic carbocycles. The van der Waals surface area contributed by atoms with Gasteiger partial charge in [-0.15, -0.1) is 0 Å². The van der Waals surface area contributed by atoms with E-state index in [1.807, 2.05) is 0 Å². The molecule has 1 amide bonds. The van der Waals surface area contributed by atoms with Gasteiger partial charge in [-0.2, -0.15) is 5.10 Å². The lowest BCUT2D eigenvalue weighted by Gasteiger charge is -2.17. The van der Waals surface area contributed by atoms with Gasteiger partial charge >= 0.3 is 5.97 Å². The Balaban J connectivity index is 2.20. The molecule has 2 rings (SSSR count). The standard InChI is InChI=1S/C14H16N4O3/c1-9(2)12(14(20)21)17-13(19)10-4-6-15-11(8-10)18-7-3-5-16-18/h3-9,12H,1-2H3,(H,17,19)(H,20,21)/t12-/m0/s1. The maximum absolute atomic E-state index is 12.2. The molecule has 0 spiro atoms. The summed E-state index contributed by atoms with van der Waals surface area (Å²) < 4.78 is 1.52. The molecule has 0 aliphatic carbocycles. The Kier molecular flexibility index (Phi) is 4.32. The van der Waals surface area contributed by atoms with Gasteiger partial charge in [-0.25, -0.2) is 14.5 Å². The second kappa shape index (κ2) is 6.17. The summed E-state index contributed by atoms with van der Waals surface area (Å²) in [6, 6.07) is 3.90. The first kappa shape index (κ1) is 14.7. The quantitative estimate of drug-likeness (QED) is 0.859. The number of nitrogens with one attached hydrogen (secondary N) is 1. The van der Waals surface area contributed by atoms with Crippen molar-refractivity contribution >= 4 is 11.9 Å².